The number of halogens is 3. The molecule has 0 spiro atoms. The third-order valence-electron chi connectivity index (χ3n) is 6.06. The quantitative estimate of drug-likeness (QED) is 0.228. The highest BCUT2D eigenvalue weighted by Gasteiger charge is 2.35. The van der Waals surface area contributed by atoms with Gasteiger partial charge in [-0.05, 0) is 36.5 Å². The smallest absolute Gasteiger partial charge is 0.417 e. The number of carbonyl (C=O) groups excluding carboxylic acids is 2. The fourth-order valence-electron chi connectivity index (χ4n) is 4.39. The number of thioether (sulfide) groups is 1. The molecule has 196 valence electrons. The number of imide groups is 1. The second kappa shape index (κ2) is 11.4. The van der Waals surface area contributed by atoms with Gasteiger partial charge >= 0.3 is 11.8 Å². The van der Waals surface area contributed by atoms with E-state index in [-0.39, 0.29) is 41.0 Å². The van der Waals surface area contributed by atoms with E-state index >= 15 is 0 Å². The normalized spacial score (nSPS) is 14.1. The number of benzene rings is 2. The maximum Gasteiger partial charge on any atom is 0.417 e. The molecular weight excluding hydrogens is 507 g/mol. The third kappa shape index (κ3) is 6.18. The Balaban J connectivity index is 1.69. The van der Waals surface area contributed by atoms with Crippen LogP contribution in [0.3, 0.4) is 0 Å². The van der Waals surface area contributed by atoms with Gasteiger partial charge in [0.25, 0.3) is 5.24 Å². The van der Waals surface area contributed by atoms with Crippen LogP contribution in [0.2, 0.25) is 0 Å². The highest BCUT2D eigenvalue weighted by molar-refractivity contribution is 8.14. The second-order valence-corrected chi connectivity index (χ2v) is 9.69. The van der Waals surface area contributed by atoms with Crippen molar-refractivity contribution in [3.8, 4) is 5.75 Å². The number of ether oxygens (including phenoxy) is 1. The van der Waals surface area contributed by atoms with Crippen LogP contribution in [0.1, 0.15) is 48.4 Å². The number of carbonyl (C=O) groups is 2. The lowest BCUT2D eigenvalue weighted by Gasteiger charge is -2.20. The number of fused-ring (bicyclic) bond motifs is 1. The van der Waals surface area contributed by atoms with E-state index < -0.39 is 17.4 Å². The lowest BCUT2D eigenvalue weighted by molar-refractivity contribution is -0.136. The van der Waals surface area contributed by atoms with Gasteiger partial charge in [-0.25, -0.2) is 4.79 Å². The Morgan fingerprint density at radius 2 is 1.84 bits per heavy atom. The highest BCUT2D eigenvalue weighted by atomic mass is 32.2. The van der Waals surface area contributed by atoms with E-state index in [0.29, 0.717) is 55.0 Å². The van der Waals surface area contributed by atoms with Gasteiger partial charge < -0.3 is 9.15 Å². The van der Waals surface area contributed by atoms with Crippen molar-refractivity contribution < 1.29 is 31.9 Å². The molecule has 10 heteroatoms. The van der Waals surface area contributed by atoms with Crippen LogP contribution in [0, 0.1) is 0 Å². The largest absolute Gasteiger partial charge is 0.493 e. The van der Waals surface area contributed by atoms with E-state index in [4.69, 9.17) is 9.15 Å². The number of aryl methyl sites for hydroxylation is 1. The minimum absolute atomic E-state index is 0.112. The molecule has 1 aliphatic rings. The first-order chi connectivity index (χ1) is 17.7. The molecule has 0 N–H and O–H groups in total. The first-order valence-corrected chi connectivity index (χ1v) is 13.0. The fraction of sp³-hybridized carbons (Fsp3) is 0.370. The van der Waals surface area contributed by atoms with Crippen molar-refractivity contribution >= 4 is 33.9 Å². The summed E-state index contributed by atoms with van der Waals surface area (Å²) in [5.74, 6) is 0.349. The van der Waals surface area contributed by atoms with Crippen LogP contribution in [0.4, 0.5) is 18.0 Å². The van der Waals surface area contributed by atoms with Crippen molar-refractivity contribution in [2.24, 2.45) is 0 Å². The summed E-state index contributed by atoms with van der Waals surface area (Å²) in [5, 5.41) is -0.427. The van der Waals surface area contributed by atoms with E-state index in [1.165, 1.54) is 11.0 Å². The van der Waals surface area contributed by atoms with E-state index in [2.05, 4.69) is 0 Å². The van der Waals surface area contributed by atoms with Crippen LogP contribution < -0.4 is 10.4 Å². The van der Waals surface area contributed by atoms with Gasteiger partial charge in [0.05, 0.1) is 17.9 Å². The summed E-state index contributed by atoms with van der Waals surface area (Å²) in [4.78, 5) is 36.9. The van der Waals surface area contributed by atoms with Gasteiger partial charge in [0.15, 0.2) is 0 Å². The van der Waals surface area contributed by atoms with Gasteiger partial charge in [-0.1, -0.05) is 55.4 Å². The van der Waals surface area contributed by atoms with Crippen LogP contribution in [0.25, 0.3) is 11.0 Å². The van der Waals surface area contributed by atoms with Gasteiger partial charge in [-0.3, -0.25) is 14.5 Å². The van der Waals surface area contributed by atoms with Gasteiger partial charge in [0, 0.05) is 30.0 Å². The Labute approximate surface area is 215 Å². The lowest BCUT2D eigenvalue weighted by Crippen LogP contribution is -2.29. The number of nitrogens with zero attached hydrogens (tertiary/aromatic N) is 1. The Morgan fingerprint density at radius 1 is 1.08 bits per heavy atom. The third-order valence-corrected chi connectivity index (χ3v) is 6.92. The molecule has 4 rings (SSSR count). The molecule has 0 aliphatic carbocycles. The highest BCUT2D eigenvalue weighted by Crippen LogP contribution is 2.40. The number of hydrogen-bond donors (Lipinski definition) is 0. The van der Waals surface area contributed by atoms with Crippen LogP contribution >= 0.6 is 11.8 Å². The molecule has 2 aromatic carbocycles. The average Bonchev–Trinajstić information content (AvgIpc) is 3.17. The molecular formula is C27H26F3NO5S. The van der Waals surface area contributed by atoms with Crippen molar-refractivity contribution in [1.29, 1.82) is 0 Å². The number of hydrogen-bond acceptors (Lipinski definition) is 6. The molecule has 2 amide bonds. The lowest BCUT2D eigenvalue weighted by atomic mass is 9.94. The molecule has 2 heterocycles. The summed E-state index contributed by atoms with van der Waals surface area (Å²) in [6.07, 6.45) is -2.41. The zero-order chi connectivity index (χ0) is 26.6. The Hall–Kier alpha value is -3.27. The number of unbranched alkanes of at least 4 members (excludes halogenated alkanes) is 1. The number of rotatable bonds is 10. The van der Waals surface area contributed by atoms with Crippen LogP contribution in [-0.4, -0.2) is 35.0 Å². The van der Waals surface area contributed by atoms with Crippen molar-refractivity contribution in [3.05, 3.63) is 75.1 Å². The van der Waals surface area contributed by atoms with E-state index in [9.17, 15) is 27.6 Å². The van der Waals surface area contributed by atoms with Crippen LogP contribution in [-0.2, 0) is 23.8 Å². The molecule has 1 aromatic heterocycles. The van der Waals surface area contributed by atoms with Crippen molar-refractivity contribution in [2.45, 2.75) is 45.2 Å². The predicted octanol–water partition coefficient (Wildman–Crippen LogP) is 6.21. The molecule has 1 aliphatic heterocycles. The predicted molar refractivity (Wildman–Crippen MR) is 135 cm³/mol. The van der Waals surface area contributed by atoms with Crippen LogP contribution in [0.15, 0.2) is 51.7 Å². The minimum atomic E-state index is -4.73. The zero-order valence-corrected chi connectivity index (χ0v) is 21.0. The molecule has 1 fully saturated rings. The maximum absolute atomic E-state index is 13.9. The molecule has 0 bridgehead atoms. The van der Waals surface area contributed by atoms with Crippen LogP contribution in [0.5, 0.6) is 5.75 Å². The summed E-state index contributed by atoms with van der Waals surface area (Å²) in [5.41, 5.74) is -0.341. The Morgan fingerprint density at radius 3 is 2.49 bits per heavy atom. The first-order valence-electron chi connectivity index (χ1n) is 12.0. The van der Waals surface area contributed by atoms with E-state index in [1.807, 2.05) is 37.3 Å². The average molecular weight is 534 g/mol. The van der Waals surface area contributed by atoms with Crippen molar-refractivity contribution in [3.63, 3.8) is 0 Å². The van der Waals surface area contributed by atoms with Crippen molar-refractivity contribution in [1.82, 2.24) is 4.90 Å². The number of amides is 2. The topological polar surface area (TPSA) is 76.8 Å². The van der Waals surface area contributed by atoms with Gasteiger partial charge in [-0.15, -0.1) is 0 Å². The Bertz CT molecular complexity index is 1340. The summed E-state index contributed by atoms with van der Waals surface area (Å²) in [6, 6.07) is 11.2. The Kier molecular flexibility index (Phi) is 8.26. The first kappa shape index (κ1) is 26.8. The van der Waals surface area contributed by atoms with Gasteiger partial charge in [0.1, 0.15) is 11.3 Å². The monoisotopic (exact) mass is 533 g/mol. The standard InChI is InChI=1S/C27H26F3NO5S/c1-2-8-19-24(35-12-7-6-11-31-22(32)16-37-26(31)34)18(13-17-9-4-3-5-10-17)14-20-21(27(28,29)30)15-23(33)36-25(19)20/h3-5,9-10,14-15H,2,6-8,11-13,16H2,1H3. The van der Waals surface area contributed by atoms with Gasteiger partial charge in [0.2, 0.25) is 5.91 Å². The summed E-state index contributed by atoms with van der Waals surface area (Å²) < 4.78 is 53.1. The number of alkyl halides is 3. The summed E-state index contributed by atoms with van der Waals surface area (Å²) in [6.45, 7) is 2.39. The molecule has 1 saturated heterocycles. The zero-order valence-electron chi connectivity index (χ0n) is 20.2. The molecule has 0 unspecified atom stereocenters. The molecule has 0 atom stereocenters. The molecule has 37 heavy (non-hydrogen) atoms. The van der Waals surface area contributed by atoms with Crippen molar-refractivity contribution in [2.75, 3.05) is 18.9 Å². The minimum Gasteiger partial charge on any atom is -0.493 e. The second-order valence-electron chi connectivity index (χ2n) is 8.76. The van der Waals surface area contributed by atoms with E-state index in [1.54, 1.807) is 0 Å². The molecule has 6 nitrogen and oxygen atoms in total. The molecule has 0 saturated carbocycles. The molecule has 3 aromatic rings. The summed E-state index contributed by atoms with van der Waals surface area (Å²) in [7, 11) is 0. The SMILES string of the molecule is CCCc1c(OCCCCN2C(=O)CSC2=O)c(Cc2ccccc2)cc2c(C(F)(F)F)cc(=O)oc12. The maximum atomic E-state index is 13.9. The van der Waals surface area contributed by atoms with Gasteiger partial charge in [-0.2, -0.15) is 13.2 Å². The molecule has 0 radical (unpaired) electrons. The van der Waals surface area contributed by atoms with E-state index in [0.717, 1.165) is 17.3 Å². The summed E-state index contributed by atoms with van der Waals surface area (Å²) >= 11 is 0.980. The fourth-order valence-corrected chi connectivity index (χ4v) is 5.14.